The third-order valence-electron chi connectivity index (χ3n) is 4.13. The first kappa shape index (κ1) is 20.6. The molecule has 2 amide bonds. The van der Waals surface area contributed by atoms with Gasteiger partial charge < -0.3 is 19.7 Å². The van der Waals surface area contributed by atoms with Gasteiger partial charge in [-0.05, 0) is 24.3 Å². The van der Waals surface area contributed by atoms with Crippen LogP contribution in [-0.2, 0) is 4.79 Å². The molecule has 0 fully saturated rings. The Balaban J connectivity index is 1.53. The molecule has 2 aromatic rings. The van der Waals surface area contributed by atoms with Crippen molar-refractivity contribution in [3.8, 4) is 11.5 Å². The van der Waals surface area contributed by atoms with Crippen LogP contribution in [0.25, 0.3) is 0 Å². The standard InChI is InChI=1S/C19H19N5O6/c1-23(2)14-5-3-12(7-15(14)24(27)28)9-21-22-18(25)10-20-19(26)13-4-6-16-17(8-13)30-11-29-16/h3-9H,10-11H2,1-2H3,(H,20,26)(H,22,25)/b21-9-. The van der Waals surface area contributed by atoms with E-state index < -0.39 is 16.7 Å². The maximum absolute atomic E-state index is 12.1. The van der Waals surface area contributed by atoms with Crippen molar-refractivity contribution in [2.75, 3.05) is 32.3 Å². The first-order chi connectivity index (χ1) is 14.3. The van der Waals surface area contributed by atoms with Gasteiger partial charge in [0.15, 0.2) is 11.5 Å². The lowest BCUT2D eigenvalue weighted by atomic mass is 10.2. The molecule has 0 unspecified atom stereocenters. The number of amides is 2. The first-order valence-electron chi connectivity index (χ1n) is 8.80. The highest BCUT2D eigenvalue weighted by molar-refractivity contribution is 5.97. The van der Waals surface area contributed by atoms with Gasteiger partial charge in [-0.1, -0.05) is 6.07 Å². The number of nitro groups is 1. The molecule has 3 rings (SSSR count). The summed E-state index contributed by atoms with van der Waals surface area (Å²) in [6.45, 7) is -0.202. The normalized spacial score (nSPS) is 11.9. The number of nitro benzene ring substituents is 1. The number of carbonyl (C=O) groups is 2. The van der Waals surface area contributed by atoms with Crippen molar-refractivity contribution in [2.45, 2.75) is 0 Å². The topological polar surface area (TPSA) is 135 Å². The Kier molecular flexibility index (Phi) is 6.11. The van der Waals surface area contributed by atoms with E-state index in [9.17, 15) is 19.7 Å². The van der Waals surface area contributed by atoms with Crippen LogP contribution in [0, 0.1) is 10.1 Å². The molecule has 0 aromatic heterocycles. The van der Waals surface area contributed by atoms with Crippen molar-refractivity contribution in [1.82, 2.24) is 10.7 Å². The number of ether oxygens (including phenoxy) is 2. The Hall–Kier alpha value is -4.15. The van der Waals surface area contributed by atoms with Gasteiger partial charge in [0.25, 0.3) is 17.5 Å². The average Bonchev–Trinajstić information content (AvgIpc) is 3.19. The van der Waals surface area contributed by atoms with Gasteiger partial charge >= 0.3 is 0 Å². The predicted molar refractivity (Wildman–Crippen MR) is 108 cm³/mol. The van der Waals surface area contributed by atoms with Gasteiger partial charge in [0.2, 0.25) is 6.79 Å². The van der Waals surface area contributed by atoms with Crippen LogP contribution in [0.1, 0.15) is 15.9 Å². The van der Waals surface area contributed by atoms with E-state index in [0.29, 0.717) is 28.3 Å². The fourth-order valence-corrected chi connectivity index (χ4v) is 2.66. The quantitative estimate of drug-likeness (QED) is 0.396. The van der Waals surface area contributed by atoms with E-state index in [2.05, 4.69) is 15.8 Å². The third-order valence-corrected chi connectivity index (χ3v) is 4.13. The zero-order chi connectivity index (χ0) is 21.7. The molecular weight excluding hydrogens is 394 g/mol. The summed E-state index contributed by atoms with van der Waals surface area (Å²) < 4.78 is 10.4. The molecule has 11 heteroatoms. The Morgan fingerprint density at radius 3 is 2.70 bits per heavy atom. The number of anilines is 1. The molecular formula is C19H19N5O6. The Morgan fingerprint density at radius 1 is 1.20 bits per heavy atom. The van der Waals surface area contributed by atoms with Crippen molar-refractivity contribution >= 4 is 29.4 Å². The number of rotatable bonds is 7. The number of fused-ring (bicyclic) bond motifs is 1. The summed E-state index contributed by atoms with van der Waals surface area (Å²) in [4.78, 5) is 36.4. The van der Waals surface area contributed by atoms with E-state index in [1.165, 1.54) is 18.3 Å². The molecule has 2 aromatic carbocycles. The molecule has 11 nitrogen and oxygen atoms in total. The smallest absolute Gasteiger partial charge is 0.293 e. The fraction of sp³-hybridized carbons (Fsp3) is 0.211. The van der Waals surface area contributed by atoms with Gasteiger partial charge in [0.05, 0.1) is 17.7 Å². The van der Waals surface area contributed by atoms with Gasteiger partial charge in [-0.3, -0.25) is 19.7 Å². The molecule has 0 bridgehead atoms. The third kappa shape index (κ3) is 4.82. The number of hydrogen-bond acceptors (Lipinski definition) is 8. The van der Waals surface area contributed by atoms with Gasteiger partial charge in [0, 0.05) is 31.3 Å². The zero-order valence-corrected chi connectivity index (χ0v) is 16.2. The molecule has 0 atom stereocenters. The van der Waals surface area contributed by atoms with Crippen LogP contribution in [0.15, 0.2) is 41.5 Å². The lowest BCUT2D eigenvalue weighted by Crippen LogP contribution is -2.34. The number of benzene rings is 2. The van der Waals surface area contributed by atoms with Crippen molar-refractivity contribution in [3.63, 3.8) is 0 Å². The average molecular weight is 413 g/mol. The molecule has 0 saturated carbocycles. The largest absolute Gasteiger partial charge is 0.454 e. The molecule has 1 heterocycles. The minimum Gasteiger partial charge on any atom is -0.454 e. The molecule has 1 aliphatic heterocycles. The van der Waals surface area contributed by atoms with Gasteiger partial charge in [-0.15, -0.1) is 0 Å². The van der Waals surface area contributed by atoms with Crippen LogP contribution < -0.4 is 25.1 Å². The summed E-state index contributed by atoms with van der Waals surface area (Å²) in [5.74, 6) is 0.00523. The number of nitrogens with zero attached hydrogens (tertiary/aromatic N) is 3. The number of hydrogen-bond donors (Lipinski definition) is 2. The first-order valence-corrected chi connectivity index (χ1v) is 8.80. The van der Waals surface area contributed by atoms with Gasteiger partial charge in [0.1, 0.15) is 5.69 Å². The molecule has 0 saturated heterocycles. The van der Waals surface area contributed by atoms with Crippen molar-refractivity contribution in [1.29, 1.82) is 0 Å². The van der Waals surface area contributed by atoms with Crippen LogP contribution in [0.3, 0.4) is 0 Å². The minimum absolute atomic E-state index is 0.0775. The molecule has 1 aliphatic rings. The lowest BCUT2D eigenvalue weighted by molar-refractivity contribution is -0.384. The van der Waals surface area contributed by atoms with E-state index in [-0.39, 0.29) is 19.0 Å². The predicted octanol–water partition coefficient (Wildman–Crippen LogP) is 1.27. The van der Waals surface area contributed by atoms with E-state index in [0.717, 1.165) is 0 Å². The summed E-state index contributed by atoms with van der Waals surface area (Å²) in [6.07, 6.45) is 1.28. The van der Waals surface area contributed by atoms with E-state index in [1.807, 2.05) is 0 Å². The van der Waals surface area contributed by atoms with Crippen molar-refractivity contribution in [3.05, 3.63) is 57.6 Å². The van der Waals surface area contributed by atoms with Crippen LogP contribution in [-0.4, -0.2) is 50.4 Å². The summed E-state index contributed by atoms with van der Waals surface area (Å²) >= 11 is 0. The summed E-state index contributed by atoms with van der Waals surface area (Å²) in [5.41, 5.74) is 3.39. The van der Waals surface area contributed by atoms with Crippen molar-refractivity contribution in [2.24, 2.45) is 5.10 Å². The second-order valence-electron chi connectivity index (χ2n) is 6.44. The summed E-state index contributed by atoms with van der Waals surface area (Å²) in [7, 11) is 3.41. The molecule has 0 aliphatic carbocycles. The second kappa shape index (κ2) is 8.90. The monoisotopic (exact) mass is 413 g/mol. The highest BCUT2D eigenvalue weighted by Gasteiger charge is 2.17. The summed E-state index contributed by atoms with van der Waals surface area (Å²) in [6, 6.07) is 9.28. The van der Waals surface area contributed by atoms with Crippen LogP contribution >= 0.6 is 0 Å². The SMILES string of the molecule is CN(C)c1ccc(/C=N\NC(=O)CNC(=O)c2ccc3c(c2)OCO3)cc1[N+](=O)[O-]. The molecule has 2 N–H and O–H groups in total. The van der Waals surface area contributed by atoms with Gasteiger partial charge in [-0.2, -0.15) is 5.10 Å². The molecule has 0 spiro atoms. The Labute approximate surface area is 171 Å². The lowest BCUT2D eigenvalue weighted by Gasteiger charge is -2.12. The Bertz CT molecular complexity index is 1020. The maximum Gasteiger partial charge on any atom is 0.293 e. The van der Waals surface area contributed by atoms with E-state index >= 15 is 0 Å². The van der Waals surface area contributed by atoms with Crippen LogP contribution in [0.5, 0.6) is 11.5 Å². The maximum atomic E-state index is 12.1. The number of hydrazone groups is 1. The summed E-state index contributed by atoms with van der Waals surface area (Å²) in [5, 5.41) is 17.4. The van der Waals surface area contributed by atoms with E-state index in [1.54, 1.807) is 43.3 Å². The highest BCUT2D eigenvalue weighted by Crippen LogP contribution is 2.32. The highest BCUT2D eigenvalue weighted by atomic mass is 16.7. The zero-order valence-electron chi connectivity index (χ0n) is 16.2. The van der Waals surface area contributed by atoms with Crippen LogP contribution in [0.2, 0.25) is 0 Å². The molecule has 156 valence electrons. The fourth-order valence-electron chi connectivity index (χ4n) is 2.66. The van der Waals surface area contributed by atoms with Gasteiger partial charge in [-0.25, -0.2) is 5.43 Å². The Morgan fingerprint density at radius 2 is 1.97 bits per heavy atom. The van der Waals surface area contributed by atoms with Crippen molar-refractivity contribution < 1.29 is 24.0 Å². The van der Waals surface area contributed by atoms with E-state index in [4.69, 9.17) is 9.47 Å². The number of nitrogens with one attached hydrogen (secondary N) is 2. The molecule has 0 radical (unpaired) electrons. The minimum atomic E-state index is -0.556. The van der Waals surface area contributed by atoms with Crippen LogP contribution in [0.4, 0.5) is 11.4 Å². The molecule has 30 heavy (non-hydrogen) atoms. The number of carbonyl (C=O) groups excluding carboxylic acids is 2. The second-order valence-corrected chi connectivity index (χ2v) is 6.44.